The number of aromatic nitrogens is 7. The molecule has 0 saturated heterocycles. The topological polar surface area (TPSA) is 117 Å². The largest absolute Gasteiger partial charge is 0.368 e. The number of hydrogen-bond donors (Lipinski definition) is 3. The van der Waals surface area contributed by atoms with Crippen LogP contribution in [0.1, 0.15) is 5.82 Å². The molecule has 0 spiro atoms. The molecule has 3 N–H and O–H groups in total. The quantitative estimate of drug-likeness (QED) is 0.554. The van der Waals surface area contributed by atoms with Crippen molar-refractivity contribution >= 4 is 11.5 Å². The van der Waals surface area contributed by atoms with Crippen molar-refractivity contribution in [2.24, 2.45) is 0 Å². The SMILES string of the molecule is O=c1[nH]nc2ccc(NCCc3ncn[nH]3)nn12. The maximum Gasteiger partial charge on any atom is 0.364 e. The number of rotatable bonds is 4. The molecule has 3 aromatic heterocycles. The first kappa shape index (κ1) is 10.4. The summed E-state index contributed by atoms with van der Waals surface area (Å²) in [4.78, 5) is 15.3. The molecule has 18 heavy (non-hydrogen) atoms. The fourth-order valence-corrected chi connectivity index (χ4v) is 1.56. The van der Waals surface area contributed by atoms with Crippen molar-refractivity contribution in [1.29, 1.82) is 0 Å². The van der Waals surface area contributed by atoms with Gasteiger partial charge in [-0.05, 0) is 12.1 Å². The highest BCUT2D eigenvalue weighted by atomic mass is 16.2. The Hall–Kier alpha value is -2.71. The van der Waals surface area contributed by atoms with Gasteiger partial charge in [0.2, 0.25) is 0 Å². The molecule has 0 unspecified atom stereocenters. The third-order valence-electron chi connectivity index (χ3n) is 2.41. The minimum atomic E-state index is -0.358. The van der Waals surface area contributed by atoms with Crippen LogP contribution in [0.25, 0.3) is 5.65 Å². The number of H-pyrrole nitrogens is 2. The number of nitrogens with one attached hydrogen (secondary N) is 3. The van der Waals surface area contributed by atoms with Gasteiger partial charge in [0.25, 0.3) is 0 Å². The summed E-state index contributed by atoms with van der Waals surface area (Å²) in [5.41, 5.74) is 0.129. The third kappa shape index (κ3) is 1.93. The summed E-state index contributed by atoms with van der Waals surface area (Å²) in [6.07, 6.45) is 2.16. The molecule has 0 aliphatic carbocycles. The molecule has 0 amide bonds. The van der Waals surface area contributed by atoms with Crippen LogP contribution in [0, 0.1) is 0 Å². The van der Waals surface area contributed by atoms with E-state index in [1.165, 1.54) is 10.8 Å². The summed E-state index contributed by atoms with van der Waals surface area (Å²) in [5, 5.41) is 19.8. The molecule has 92 valence electrons. The van der Waals surface area contributed by atoms with Gasteiger partial charge in [0.05, 0.1) is 0 Å². The Morgan fingerprint density at radius 1 is 1.33 bits per heavy atom. The molecule has 3 aromatic rings. The second-order valence-corrected chi connectivity index (χ2v) is 3.63. The Labute approximate surface area is 100 Å². The highest BCUT2D eigenvalue weighted by Crippen LogP contribution is 2.02. The molecule has 0 fully saturated rings. The van der Waals surface area contributed by atoms with E-state index in [0.717, 1.165) is 5.82 Å². The van der Waals surface area contributed by atoms with Crippen LogP contribution in [0.5, 0.6) is 0 Å². The van der Waals surface area contributed by atoms with Crippen molar-refractivity contribution in [3.63, 3.8) is 0 Å². The molecule has 0 atom stereocenters. The Morgan fingerprint density at radius 3 is 3.11 bits per heavy atom. The standard InChI is InChI=1S/C9H10N8O/c18-9-15-14-8-2-1-7(16-17(8)9)10-4-3-6-11-5-12-13-6/h1-2,5H,3-4H2,(H,10,16)(H,15,18)(H,11,12,13). The van der Waals surface area contributed by atoms with Gasteiger partial charge in [0, 0.05) is 13.0 Å². The van der Waals surface area contributed by atoms with Crippen LogP contribution < -0.4 is 11.0 Å². The average Bonchev–Trinajstić information content (AvgIpc) is 3.01. The lowest BCUT2D eigenvalue weighted by Crippen LogP contribution is -2.15. The molecule has 0 aliphatic heterocycles. The normalized spacial score (nSPS) is 10.9. The van der Waals surface area contributed by atoms with E-state index in [9.17, 15) is 4.79 Å². The van der Waals surface area contributed by atoms with Crippen molar-refractivity contribution in [2.75, 3.05) is 11.9 Å². The average molecular weight is 246 g/mol. The molecular weight excluding hydrogens is 236 g/mol. The summed E-state index contributed by atoms with van der Waals surface area (Å²) in [6.45, 7) is 0.639. The lowest BCUT2D eigenvalue weighted by atomic mass is 10.4. The molecule has 9 heteroatoms. The van der Waals surface area contributed by atoms with Gasteiger partial charge in [-0.3, -0.25) is 5.10 Å². The highest BCUT2D eigenvalue weighted by molar-refractivity contribution is 5.42. The molecule has 0 aromatic carbocycles. The first-order valence-corrected chi connectivity index (χ1v) is 5.35. The van der Waals surface area contributed by atoms with Crippen LogP contribution in [0.2, 0.25) is 0 Å². The van der Waals surface area contributed by atoms with Crippen molar-refractivity contribution in [1.82, 2.24) is 35.0 Å². The number of nitrogens with zero attached hydrogens (tertiary/aromatic N) is 5. The minimum absolute atomic E-state index is 0.358. The summed E-state index contributed by atoms with van der Waals surface area (Å²) in [7, 11) is 0. The lowest BCUT2D eigenvalue weighted by molar-refractivity contribution is 0.857. The van der Waals surface area contributed by atoms with Gasteiger partial charge in [-0.1, -0.05) is 0 Å². The summed E-state index contributed by atoms with van der Waals surface area (Å²) >= 11 is 0. The lowest BCUT2D eigenvalue weighted by Gasteiger charge is -2.03. The summed E-state index contributed by atoms with van der Waals surface area (Å²) < 4.78 is 1.21. The van der Waals surface area contributed by atoms with Crippen molar-refractivity contribution in [3.05, 3.63) is 34.8 Å². The maximum atomic E-state index is 11.3. The Bertz CT molecular complexity index is 697. The van der Waals surface area contributed by atoms with Gasteiger partial charge in [0.15, 0.2) is 5.65 Å². The van der Waals surface area contributed by atoms with E-state index in [1.807, 2.05) is 0 Å². The predicted molar refractivity (Wildman–Crippen MR) is 62.2 cm³/mol. The van der Waals surface area contributed by atoms with E-state index in [1.54, 1.807) is 12.1 Å². The molecular formula is C9H10N8O. The van der Waals surface area contributed by atoms with E-state index >= 15 is 0 Å². The number of fused-ring (bicyclic) bond motifs is 1. The van der Waals surface area contributed by atoms with Gasteiger partial charge >= 0.3 is 5.69 Å². The molecule has 0 saturated carbocycles. The van der Waals surface area contributed by atoms with Crippen LogP contribution in [-0.4, -0.2) is 41.5 Å². The number of aromatic amines is 2. The minimum Gasteiger partial charge on any atom is -0.368 e. The second kappa shape index (κ2) is 4.28. The Balaban J connectivity index is 1.70. The number of anilines is 1. The smallest absolute Gasteiger partial charge is 0.364 e. The fourth-order valence-electron chi connectivity index (χ4n) is 1.56. The fraction of sp³-hybridized carbons (Fsp3) is 0.222. The van der Waals surface area contributed by atoms with Crippen molar-refractivity contribution < 1.29 is 0 Å². The molecule has 3 heterocycles. The van der Waals surface area contributed by atoms with Crippen molar-refractivity contribution in [3.8, 4) is 0 Å². The zero-order valence-electron chi connectivity index (χ0n) is 9.29. The van der Waals surface area contributed by atoms with E-state index < -0.39 is 0 Å². The van der Waals surface area contributed by atoms with Crippen LogP contribution in [-0.2, 0) is 6.42 Å². The molecule has 0 aliphatic rings. The third-order valence-corrected chi connectivity index (χ3v) is 2.41. The molecule has 0 bridgehead atoms. The van der Waals surface area contributed by atoms with Gasteiger partial charge in [0.1, 0.15) is 18.0 Å². The Morgan fingerprint density at radius 2 is 2.28 bits per heavy atom. The van der Waals surface area contributed by atoms with Gasteiger partial charge in [-0.2, -0.15) is 14.7 Å². The molecule has 3 rings (SSSR count). The summed E-state index contributed by atoms with van der Waals surface area (Å²) in [6, 6.07) is 3.47. The van der Waals surface area contributed by atoms with Gasteiger partial charge in [-0.25, -0.2) is 14.9 Å². The first-order chi connectivity index (χ1) is 8.83. The highest BCUT2D eigenvalue weighted by Gasteiger charge is 2.02. The van der Waals surface area contributed by atoms with E-state index in [4.69, 9.17) is 0 Å². The monoisotopic (exact) mass is 246 g/mol. The zero-order valence-corrected chi connectivity index (χ0v) is 9.29. The Kier molecular flexibility index (Phi) is 2.48. The van der Waals surface area contributed by atoms with Crippen LogP contribution in [0.4, 0.5) is 5.82 Å². The van der Waals surface area contributed by atoms with Gasteiger partial charge < -0.3 is 5.32 Å². The van der Waals surface area contributed by atoms with Crippen molar-refractivity contribution in [2.45, 2.75) is 6.42 Å². The molecule has 9 nitrogen and oxygen atoms in total. The maximum absolute atomic E-state index is 11.3. The van der Waals surface area contributed by atoms with Gasteiger partial charge in [-0.15, -0.1) is 5.10 Å². The van der Waals surface area contributed by atoms with Crippen LogP contribution in [0.3, 0.4) is 0 Å². The van der Waals surface area contributed by atoms with Crippen LogP contribution >= 0.6 is 0 Å². The van der Waals surface area contributed by atoms with E-state index in [0.29, 0.717) is 24.4 Å². The second-order valence-electron chi connectivity index (χ2n) is 3.63. The predicted octanol–water partition coefficient (Wildman–Crippen LogP) is -0.810. The van der Waals surface area contributed by atoms with Crippen LogP contribution in [0.15, 0.2) is 23.3 Å². The molecule has 0 radical (unpaired) electrons. The number of hydrogen-bond acceptors (Lipinski definition) is 6. The van der Waals surface area contributed by atoms with E-state index in [-0.39, 0.29) is 5.69 Å². The summed E-state index contributed by atoms with van der Waals surface area (Å²) in [5.74, 6) is 1.40. The first-order valence-electron chi connectivity index (χ1n) is 5.35. The van der Waals surface area contributed by atoms with E-state index in [2.05, 4.69) is 35.8 Å². The zero-order chi connectivity index (χ0) is 12.4.